The first kappa shape index (κ1) is 13.5. The summed E-state index contributed by atoms with van der Waals surface area (Å²) in [4.78, 5) is 24.5. The Hall–Kier alpha value is -1.95. The number of hydrogen-bond acceptors (Lipinski definition) is 3. The molecule has 1 unspecified atom stereocenters. The number of rotatable bonds is 3. The Bertz CT molecular complexity index is 533. The van der Waals surface area contributed by atoms with Crippen molar-refractivity contribution in [2.45, 2.75) is 31.8 Å². The van der Waals surface area contributed by atoms with E-state index >= 15 is 0 Å². The van der Waals surface area contributed by atoms with Crippen LogP contribution in [0.2, 0.25) is 0 Å². The topological polar surface area (TPSA) is 83.6 Å². The van der Waals surface area contributed by atoms with Gasteiger partial charge < -0.3 is 10.8 Å². The molecule has 3 N–H and O–H groups in total. The second-order valence-corrected chi connectivity index (χ2v) is 4.52. The minimum absolute atomic E-state index is 0.0283. The predicted molar refractivity (Wildman–Crippen MR) is 67.3 cm³/mol. The smallest absolute Gasteiger partial charge is 0.327 e. The fraction of sp³-hybridized carbons (Fsp3) is 0.385. The molecular formula is C13H15FN2O3. The molecule has 19 heavy (non-hydrogen) atoms. The molecule has 0 fully saturated rings. The Labute approximate surface area is 109 Å². The Kier molecular flexibility index (Phi) is 3.53. The molecule has 1 aromatic rings. The zero-order chi connectivity index (χ0) is 14.2. The van der Waals surface area contributed by atoms with Gasteiger partial charge in [0.25, 0.3) is 0 Å². The molecule has 0 spiro atoms. The van der Waals surface area contributed by atoms with E-state index in [1.165, 1.54) is 12.1 Å². The Morgan fingerprint density at radius 3 is 2.84 bits per heavy atom. The Morgan fingerprint density at radius 1 is 1.58 bits per heavy atom. The average molecular weight is 266 g/mol. The number of anilines is 1. The molecule has 0 bridgehead atoms. The third kappa shape index (κ3) is 2.19. The van der Waals surface area contributed by atoms with E-state index in [-0.39, 0.29) is 12.0 Å². The average Bonchev–Trinajstić information content (AvgIpc) is 2.78. The first-order valence-corrected chi connectivity index (χ1v) is 6.06. The number of halogens is 1. The van der Waals surface area contributed by atoms with Crippen molar-refractivity contribution in [2.24, 2.45) is 5.73 Å². The lowest BCUT2D eigenvalue weighted by atomic mass is 10.1. The van der Waals surface area contributed by atoms with E-state index in [0.29, 0.717) is 12.1 Å². The van der Waals surface area contributed by atoms with Crippen molar-refractivity contribution in [2.75, 3.05) is 4.90 Å². The van der Waals surface area contributed by atoms with E-state index in [9.17, 15) is 19.1 Å². The summed E-state index contributed by atoms with van der Waals surface area (Å²) in [6.45, 7) is 1.74. The first-order chi connectivity index (χ1) is 8.97. The zero-order valence-corrected chi connectivity index (χ0v) is 10.5. The molecule has 0 aromatic heterocycles. The molecule has 1 amide bonds. The number of amides is 1. The van der Waals surface area contributed by atoms with E-state index < -0.39 is 29.8 Å². The maximum absolute atomic E-state index is 13.7. The summed E-state index contributed by atoms with van der Waals surface area (Å²) in [5, 5.41) is 9.19. The molecule has 6 heteroatoms. The third-order valence-corrected chi connectivity index (χ3v) is 3.34. The maximum atomic E-state index is 13.7. The second kappa shape index (κ2) is 4.97. The third-order valence-electron chi connectivity index (χ3n) is 3.34. The van der Waals surface area contributed by atoms with Gasteiger partial charge >= 0.3 is 5.97 Å². The van der Waals surface area contributed by atoms with Gasteiger partial charge in [-0.05, 0) is 18.6 Å². The molecule has 1 heterocycles. The van der Waals surface area contributed by atoms with Gasteiger partial charge in [-0.3, -0.25) is 9.69 Å². The van der Waals surface area contributed by atoms with Crippen molar-refractivity contribution in [3.63, 3.8) is 0 Å². The lowest BCUT2D eigenvalue weighted by Crippen LogP contribution is -2.49. The van der Waals surface area contributed by atoms with Crippen LogP contribution >= 0.6 is 0 Å². The molecule has 0 saturated heterocycles. The fourth-order valence-corrected chi connectivity index (χ4v) is 2.25. The summed E-state index contributed by atoms with van der Waals surface area (Å²) in [5.41, 5.74) is 6.24. The minimum Gasteiger partial charge on any atom is -0.480 e. The fourth-order valence-electron chi connectivity index (χ4n) is 2.25. The molecule has 1 aliphatic rings. The quantitative estimate of drug-likeness (QED) is 0.851. The summed E-state index contributed by atoms with van der Waals surface area (Å²) < 4.78 is 13.7. The molecule has 1 aromatic carbocycles. The van der Waals surface area contributed by atoms with Gasteiger partial charge in [0.05, 0.1) is 11.7 Å². The van der Waals surface area contributed by atoms with Crippen LogP contribution in [-0.2, 0) is 16.0 Å². The van der Waals surface area contributed by atoms with Crippen molar-refractivity contribution in [3.05, 3.63) is 29.6 Å². The Balaban J connectivity index is 2.47. The standard InChI is InChI=1S/C13H15FN2O3/c1-2-9(15)12(17)16-10-5-3-4-8(14)7(10)6-11(16)13(18)19/h3-5,9,11H,2,6,15H2,1H3,(H,18,19)/t9-,11?/m0/s1. The number of nitrogens with two attached hydrogens (primary N) is 1. The van der Waals surface area contributed by atoms with Gasteiger partial charge in [0, 0.05) is 12.0 Å². The van der Waals surface area contributed by atoms with Gasteiger partial charge in [-0.25, -0.2) is 9.18 Å². The summed E-state index contributed by atoms with van der Waals surface area (Å²) in [6.07, 6.45) is 0.367. The number of carbonyl (C=O) groups is 2. The van der Waals surface area contributed by atoms with E-state index in [0.717, 1.165) is 4.90 Å². The lowest BCUT2D eigenvalue weighted by molar-refractivity contribution is -0.140. The number of fused-ring (bicyclic) bond motifs is 1. The number of carboxylic acid groups (broad SMARTS) is 1. The van der Waals surface area contributed by atoms with Crippen LogP contribution in [0.1, 0.15) is 18.9 Å². The van der Waals surface area contributed by atoms with Crippen molar-refractivity contribution >= 4 is 17.6 Å². The second-order valence-electron chi connectivity index (χ2n) is 4.52. The summed E-state index contributed by atoms with van der Waals surface area (Å²) in [5.74, 6) is -2.14. The van der Waals surface area contributed by atoms with Crippen molar-refractivity contribution < 1.29 is 19.1 Å². The van der Waals surface area contributed by atoms with Crippen LogP contribution in [0.3, 0.4) is 0 Å². The zero-order valence-electron chi connectivity index (χ0n) is 10.5. The Morgan fingerprint density at radius 2 is 2.26 bits per heavy atom. The highest BCUT2D eigenvalue weighted by Crippen LogP contribution is 2.34. The van der Waals surface area contributed by atoms with Crippen LogP contribution in [-0.4, -0.2) is 29.1 Å². The van der Waals surface area contributed by atoms with Gasteiger partial charge in [0.1, 0.15) is 11.9 Å². The number of aliphatic carboxylic acids is 1. The van der Waals surface area contributed by atoms with Crippen molar-refractivity contribution in [1.29, 1.82) is 0 Å². The van der Waals surface area contributed by atoms with Crippen molar-refractivity contribution in [1.82, 2.24) is 0 Å². The number of hydrogen-bond donors (Lipinski definition) is 2. The SMILES string of the molecule is CC[C@H](N)C(=O)N1c2cccc(F)c2CC1C(=O)O. The highest BCUT2D eigenvalue weighted by atomic mass is 19.1. The van der Waals surface area contributed by atoms with Crippen LogP contribution in [0.15, 0.2) is 18.2 Å². The monoisotopic (exact) mass is 266 g/mol. The molecular weight excluding hydrogens is 251 g/mol. The number of carbonyl (C=O) groups excluding carboxylic acids is 1. The number of benzene rings is 1. The van der Waals surface area contributed by atoms with Gasteiger partial charge in [-0.1, -0.05) is 13.0 Å². The van der Waals surface area contributed by atoms with Gasteiger partial charge in [0.15, 0.2) is 0 Å². The van der Waals surface area contributed by atoms with Crippen LogP contribution < -0.4 is 10.6 Å². The van der Waals surface area contributed by atoms with Crippen LogP contribution in [0.4, 0.5) is 10.1 Å². The largest absolute Gasteiger partial charge is 0.480 e. The molecule has 0 radical (unpaired) electrons. The molecule has 0 aliphatic carbocycles. The minimum atomic E-state index is -1.16. The van der Waals surface area contributed by atoms with E-state index in [1.807, 2.05) is 0 Å². The van der Waals surface area contributed by atoms with Crippen LogP contribution in [0, 0.1) is 5.82 Å². The maximum Gasteiger partial charge on any atom is 0.327 e. The summed E-state index contributed by atoms with van der Waals surface area (Å²) in [7, 11) is 0. The summed E-state index contributed by atoms with van der Waals surface area (Å²) >= 11 is 0. The summed E-state index contributed by atoms with van der Waals surface area (Å²) in [6, 6.07) is 2.39. The van der Waals surface area contributed by atoms with Crippen LogP contribution in [0.5, 0.6) is 0 Å². The first-order valence-electron chi connectivity index (χ1n) is 6.06. The van der Waals surface area contributed by atoms with Crippen LogP contribution in [0.25, 0.3) is 0 Å². The molecule has 102 valence electrons. The van der Waals surface area contributed by atoms with Crippen molar-refractivity contribution in [3.8, 4) is 0 Å². The molecule has 5 nitrogen and oxygen atoms in total. The molecule has 1 aliphatic heterocycles. The van der Waals surface area contributed by atoms with E-state index in [1.54, 1.807) is 13.0 Å². The lowest BCUT2D eigenvalue weighted by Gasteiger charge is -2.25. The van der Waals surface area contributed by atoms with E-state index in [2.05, 4.69) is 0 Å². The van der Waals surface area contributed by atoms with Gasteiger partial charge in [-0.2, -0.15) is 0 Å². The van der Waals surface area contributed by atoms with E-state index in [4.69, 9.17) is 5.73 Å². The number of nitrogens with zero attached hydrogens (tertiary/aromatic N) is 1. The highest BCUT2D eigenvalue weighted by molar-refractivity contribution is 6.04. The molecule has 2 atom stereocenters. The number of carboxylic acids is 1. The highest BCUT2D eigenvalue weighted by Gasteiger charge is 2.40. The van der Waals surface area contributed by atoms with Gasteiger partial charge in [-0.15, -0.1) is 0 Å². The molecule has 2 rings (SSSR count). The normalized spacial score (nSPS) is 19.1. The predicted octanol–water partition coefficient (Wildman–Crippen LogP) is 0.905. The van der Waals surface area contributed by atoms with Gasteiger partial charge in [0.2, 0.25) is 5.91 Å². The molecule has 0 saturated carbocycles.